The van der Waals surface area contributed by atoms with Crippen LogP contribution in [-0.2, 0) is 0 Å². The second kappa shape index (κ2) is 7.59. The minimum atomic E-state index is -0.0273. The second-order valence-corrected chi connectivity index (χ2v) is 9.50. The minimum Gasteiger partial charge on any atom is -0.492 e. The van der Waals surface area contributed by atoms with Crippen molar-refractivity contribution in [3.8, 4) is 17.5 Å². The van der Waals surface area contributed by atoms with E-state index in [-0.39, 0.29) is 11.9 Å². The number of nitrogens with zero attached hydrogens (tertiary/aromatic N) is 4. The van der Waals surface area contributed by atoms with E-state index in [2.05, 4.69) is 50.0 Å². The first-order chi connectivity index (χ1) is 14.1. The van der Waals surface area contributed by atoms with Crippen molar-refractivity contribution in [2.45, 2.75) is 25.8 Å². The van der Waals surface area contributed by atoms with E-state index < -0.39 is 0 Å². The molecule has 0 radical (unpaired) electrons. The number of aromatic hydroxyl groups is 1. The maximum atomic E-state index is 11.1. The molecule has 0 bridgehead atoms. The van der Waals surface area contributed by atoms with Gasteiger partial charge in [0.1, 0.15) is 0 Å². The van der Waals surface area contributed by atoms with E-state index in [1.165, 1.54) is 15.9 Å². The molecule has 4 aromatic rings. The van der Waals surface area contributed by atoms with E-state index in [9.17, 15) is 5.11 Å². The van der Waals surface area contributed by atoms with Crippen molar-refractivity contribution >= 4 is 32.2 Å². The van der Waals surface area contributed by atoms with Gasteiger partial charge < -0.3 is 9.52 Å². The molecule has 150 valence electrons. The van der Waals surface area contributed by atoms with Crippen LogP contribution in [0.25, 0.3) is 16.5 Å². The van der Waals surface area contributed by atoms with Crippen LogP contribution in [-0.4, -0.2) is 37.7 Å². The first-order valence-electron chi connectivity index (χ1n) is 9.72. The third kappa shape index (κ3) is 3.49. The summed E-state index contributed by atoms with van der Waals surface area (Å²) < 4.78 is 7.95. The molecule has 0 amide bonds. The molecule has 1 N–H and O–H groups in total. The van der Waals surface area contributed by atoms with Crippen LogP contribution >= 0.6 is 27.3 Å². The standard InChI is InChI=1S/C21H21BrN4O2S/c1-13-7-9-25(10-8-13)17(14-4-2-5-15(22)12-14)18-20(27)26-21(29-18)23-19(24-26)16-6-3-11-28-16/h2-6,11-13,17,27H,7-10H2,1H3. The van der Waals surface area contributed by atoms with Crippen molar-refractivity contribution in [2.75, 3.05) is 13.1 Å². The molecule has 1 unspecified atom stereocenters. The molecular weight excluding hydrogens is 452 g/mol. The summed E-state index contributed by atoms with van der Waals surface area (Å²) in [4.78, 5) is 8.57. The van der Waals surface area contributed by atoms with Gasteiger partial charge in [0.2, 0.25) is 16.7 Å². The lowest BCUT2D eigenvalue weighted by atomic mass is 9.95. The van der Waals surface area contributed by atoms with Gasteiger partial charge in [0.25, 0.3) is 0 Å². The predicted octanol–water partition coefficient (Wildman–Crippen LogP) is 5.34. The number of likely N-dealkylation sites (tertiary alicyclic amines) is 1. The van der Waals surface area contributed by atoms with Crippen LogP contribution in [0.4, 0.5) is 0 Å². The van der Waals surface area contributed by atoms with Gasteiger partial charge in [-0.2, -0.15) is 9.50 Å². The Labute approximate surface area is 180 Å². The third-order valence-electron chi connectivity index (χ3n) is 5.54. The Morgan fingerprint density at radius 3 is 2.76 bits per heavy atom. The lowest BCUT2D eigenvalue weighted by molar-refractivity contribution is 0.157. The number of rotatable bonds is 4. The van der Waals surface area contributed by atoms with Crippen molar-refractivity contribution < 1.29 is 9.52 Å². The van der Waals surface area contributed by atoms with Crippen molar-refractivity contribution in [3.63, 3.8) is 0 Å². The zero-order valence-corrected chi connectivity index (χ0v) is 18.4. The maximum absolute atomic E-state index is 11.1. The molecule has 1 fully saturated rings. The summed E-state index contributed by atoms with van der Waals surface area (Å²) in [5.74, 6) is 1.96. The van der Waals surface area contributed by atoms with Crippen LogP contribution in [0.5, 0.6) is 5.88 Å². The van der Waals surface area contributed by atoms with Crippen LogP contribution in [0.3, 0.4) is 0 Å². The Morgan fingerprint density at radius 2 is 2.07 bits per heavy atom. The quantitative estimate of drug-likeness (QED) is 0.434. The number of halogens is 1. The molecule has 1 aliphatic heterocycles. The molecule has 5 rings (SSSR count). The lowest BCUT2D eigenvalue weighted by Crippen LogP contribution is -2.36. The van der Waals surface area contributed by atoms with Crippen molar-refractivity contribution in [1.29, 1.82) is 0 Å². The smallest absolute Gasteiger partial charge is 0.230 e. The Hall–Kier alpha value is -2.16. The van der Waals surface area contributed by atoms with Gasteiger partial charge in [0, 0.05) is 4.47 Å². The first kappa shape index (κ1) is 18.8. The maximum Gasteiger partial charge on any atom is 0.230 e. The highest BCUT2D eigenvalue weighted by Crippen LogP contribution is 2.42. The molecule has 0 spiro atoms. The van der Waals surface area contributed by atoms with Gasteiger partial charge in [-0.1, -0.05) is 46.3 Å². The van der Waals surface area contributed by atoms with E-state index in [1.807, 2.05) is 18.2 Å². The molecule has 0 aliphatic carbocycles. The van der Waals surface area contributed by atoms with Crippen LogP contribution in [0.1, 0.15) is 36.2 Å². The molecule has 6 nitrogen and oxygen atoms in total. The van der Waals surface area contributed by atoms with Gasteiger partial charge in [-0.15, -0.1) is 5.10 Å². The summed E-state index contributed by atoms with van der Waals surface area (Å²) in [5, 5.41) is 15.6. The lowest BCUT2D eigenvalue weighted by Gasteiger charge is -2.36. The van der Waals surface area contributed by atoms with Crippen molar-refractivity contribution in [1.82, 2.24) is 19.5 Å². The van der Waals surface area contributed by atoms with Gasteiger partial charge in [-0.25, -0.2) is 0 Å². The van der Waals surface area contributed by atoms with Crippen molar-refractivity contribution in [2.24, 2.45) is 5.92 Å². The molecule has 1 aliphatic rings. The van der Waals surface area contributed by atoms with E-state index in [0.717, 1.165) is 46.8 Å². The number of hydrogen-bond donors (Lipinski definition) is 1. The first-order valence-corrected chi connectivity index (χ1v) is 11.3. The fourth-order valence-electron chi connectivity index (χ4n) is 3.93. The number of benzene rings is 1. The third-order valence-corrected chi connectivity index (χ3v) is 7.10. The Kier molecular flexibility index (Phi) is 4.93. The summed E-state index contributed by atoms with van der Waals surface area (Å²) in [6.45, 7) is 4.31. The fourth-order valence-corrected chi connectivity index (χ4v) is 5.46. The summed E-state index contributed by atoms with van der Waals surface area (Å²) in [6, 6.07) is 11.9. The van der Waals surface area contributed by atoms with Gasteiger partial charge >= 0.3 is 0 Å². The van der Waals surface area contributed by atoms with Crippen LogP contribution in [0.15, 0.2) is 51.6 Å². The van der Waals surface area contributed by atoms with Gasteiger partial charge in [-0.05, 0) is 61.7 Å². The Bertz CT molecular complexity index is 1130. The van der Waals surface area contributed by atoms with Crippen LogP contribution in [0, 0.1) is 5.92 Å². The number of fused-ring (bicyclic) bond motifs is 1. The monoisotopic (exact) mass is 472 g/mol. The molecule has 1 aromatic carbocycles. The average molecular weight is 473 g/mol. The van der Waals surface area contributed by atoms with E-state index >= 15 is 0 Å². The Morgan fingerprint density at radius 1 is 1.24 bits per heavy atom. The number of hydrogen-bond acceptors (Lipinski definition) is 6. The Balaban J connectivity index is 1.59. The molecule has 1 saturated heterocycles. The minimum absolute atomic E-state index is 0.0273. The zero-order chi connectivity index (χ0) is 20.0. The van der Waals surface area contributed by atoms with E-state index in [4.69, 9.17) is 4.42 Å². The van der Waals surface area contributed by atoms with Gasteiger partial charge in [-0.3, -0.25) is 4.90 Å². The zero-order valence-electron chi connectivity index (χ0n) is 16.0. The molecule has 4 heterocycles. The second-order valence-electron chi connectivity index (χ2n) is 7.57. The summed E-state index contributed by atoms with van der Waals surface area (Å²) >= 11 is 5.08. The largest absolute Gasteiger partial charge is 0.492 e. The van der Waals surface area contributed by atoms with Gasteiger partial charge in [0.05, 0.1) is 17.2 Å². The summed E-state index contributed by atoms with van der Waals surface area (Å²) in [5.41, 5.74) is 1.15. The highest BCUT2D eigenvalue weighted by atomic mass is 79.9. The number of aromatic nitrogens is 3. The molecule has 29 heavy (non-hydrogen) atoms. The van der Waals surface area contributed by atoms with Crippen LogP contribution < -0.4 is 0 Å². The molecule has 1 atom stereocenters. The fraction of sp³-hybridized carbons (Fsp3) is 0.333. The number of piperidine rings is 1. The highest BCUT2D eigenvalue weighted by Gasteiger charge is 2.31. The normalized spacial score (nSPS) is 17.2. The number of thiazole rings is 1. The SMILES string of the molecule is CC1CCN(C(c2cccc(Br)c2)c2sc3nc(-c4ccco4)nn3c2O)CC1. The van der Waals surface area contributed by atoms with Crippen molar-refractivity contribution in [3.05, 3.63) is 57.6 Å². The predicted molar refractivity (Wildman–Crippen MR) is 116 cm³/mol. The number of furan rings is 1. The topological polar surface area (TPSA) is 66.8 Å². The average Bonchev–Trinajstić information content (AvgIpc) is 3.43. The summed E-state index contributed by atoms with van der Waals surface area (Å²) in [6.07, 6.45) is 3.92. The highest BCUT2D eigenvalue weighted by molar-refractivity contribution is 9.10. The van der Waals surface area contributed by atoms with E-state index in [1.54, 1.807) is 12.3 Å². The molecule has 3 aromatic heterocycles. The van der Waals surface area contributed by atoms with Crippen LogP contribution in [0.2, 0.25) is 0 Å². The van der Waals surface area contributed by atoms with Gasteiger partial charge in [0.15, 0.2) is 5.76 Å². The van der Waals surface area contributed by atoms with E-state index in [0.29, 0.717) is 16.5 Å². The molecule has 0 saturated carbocycles. The molecular formula is C21H21BrN4O2S. The molecule has 8 heteroatoms. The summed E-state index contributed by atoms with van der Waals surface area (Å²) in [7, 11) is 0.